The van der Waals surface area contributed by atoms with Gasteiger partial charge < -0.3 is 10.1 Å². The number of hydrogen-bond acceptors (Lipinski definition) is 6. The highest BCUT2D eigenvalue weighted by atomic mass is 79.9. The quantitative estimate of drug-likeness (QED) is 0.659. The van der Waals surface area contributed by atoms with Gasteiger partial charge in [-0.1, -0.05) is 6.92 Å². The highest BCUT2D eigenvalue weighted by molar-refractivity contribution is 9.11. The standard InChI is InChI=1S/C14H12BrN3O3S2/c1-3-7-4-9(14(20)21-2)22-12(7)17-11(19)8-5-16-18-6-10(15)23-13(8)18/h4-6H,3H2,1-2H3,(H,17,19). The molecule has 23 heavy (non-hydrogen) atoms. The van der Waals surface area contributed by atoms with Gasteiger partial charge in [0.05, 0.1) is 33.9 Å². The summed E-state index contributed by atoms with van der Waals surface area (Å²) in [6.07, 6.45) is 4.04. The second-order valence-electron chi connectivity index (χ2n) is 4.61. The molecule has 0 unspecified atom stereocenters. The van der Waals surface area contributed by atoms with Crippen molar-refractivity contribution in [3.63, 3.8) is 0 Å². The van der Waals surface area contributed by atoms with Crippen molar-refractivity contribution in [2.75, 3.05) is 12.4 Å². The summed E-state index contributed by atoms with van der Waals surface area (Å²) in [5, 5.41) is 7.69. The zero-order valence-electron chi connectivity index (χ0n) is 12.3. The Hall–Kier alpha value is -1.71. The van der Waals surface area contributed by atoms with E-state index in [2.05, 4.69) is 26.3 Å². The van der Waals surface area contributed by atoms with Gasteiger partial charge in [0.15, 0.2) is 0 Å². The van der Waals surface area contributed by atoms with Gasteiger partial charge >= 0.3 is 5.97 Å². The van der Waals surface area contributed by atoms with E-state index in [0.29, 0.717) is 21.9 Å². The van der Waals surface area contributed by atoms with Gasteiger partial charge in [0.1, 0.15) is 9.71 Å². The predicted octanol–water partition coefficient (Wildman–Crippen LogP) is 3.82. The van der Waals surface area contributed by atoms with Crippen LogP contribution >= 0.6 is 38.6 Å². The van der Waals surface area contributed by atoms with E-state index >= 15 is 0 Å². The van der Waals surface area contributed by atoms with E-state index in [1.165, 1.54) is 36.0 Å². The molecule has 3 aromatic heterocycles. The lowest BCUT2D eigenvalue weighted by Crippen LogP contribution is -2.11. The summed E-state index contributed by atoms with van der Waals surface area (Å²) in [5.41, 5.74) is 1.40. The molecule has 9 heteroatoms. The number of methoxy groups -OCH3 is 1. The number of rotatable bonds is 4. The Morgan fingerprint density at radius 2 is 2.22 bits per heavy atom. The molecular formula is C14H12BrN3O3S2. The van der Waals surface area contributed by atoms with Crippen molar-refractivity contribution in [1.29, 1.82) is 0 Å². The average Bonchev–Trinajstić information content (AvgIpc) is 3.19. The number of nitrogens with one attached hydrogen (secondary N) is 1. The molecule has 0 aliphatic heterocycles. The first-order chi connectivity index (χ1) is 11.0. The number of carbonyl (C=O) groups is 2. The van der Waals surface area contributed by atoms with E-state index in [1.54, 1.807) is 16.8 Å². The van der Waals surface area contributed by atoms with Gasteiger partial charge in [0.25, 0.3) is 5.91 Å². The van der Waals surface area contributed by atoms with Gasteiger partial charge in [-0.05, 0) is 34.0 Å². The second-order valence-corrected chi connectivity index (χ2v) is 8.07. The monoisotopic (exact) mass is 413 g/mol. The fourth-order valence-corrected chi connectivity index (χ4v) is 4.59. The number of aryl methyl sites for hydroxylation is 1. The number of thiazole rings is 1. The fourth-order valence-electron chi connectivity index (χ4n) is 2.08. The molecular weight excluding hydrogens is 402 g/mol. The Morgan fingerprint density at radius 3 is 2.91 bits per heavy atom. The summed E-state index contributed by atoms with van der Waals surface area (Å²) in [6.45, 7) is 1.97. The Morgan fingerprint density at radius 1 is 1.43 bits per heavy atom. The van der Waals surface area contributed by atoms with E-state index in [-0.39, 0.29) is 5.91 Å². The van der Waals surface area contributed by atoms with Gasteiger partial charge in [-0.15, -0.1) is 22.7 Å². The number of hydrogen-bond donors (Lipinski definition) is 1. The highest BCUT2D eigenvalue weighted by Crippen LogP contribution is 2.31. The number of carbonyl (C=O) groups excluding carboxylic acids is 2. The molecule has 3 aromatic rings. The van der Waals surface area contributed by atoms with E-state index < -0.39 is 5.97 Å². The van der Waals surface area contributed by atoms with Gasteiger partial charge in [0, 0.05) is 0 Å². The molecule has 3 heterocycles. The largest absolute Gasteiger partial charge is 0.465 e. The summed E-state index contributed by atoms with van der Waals surface area (Å²) < 4.78 is 7.28. The third-order valence-electron chi connectivity index (χ3n) is 3.22. The maximum Gasteiger partial charge on any atom is 0.348 e. The highest BCUT2D eigenvalue weighted by Gasteiger charge is 2.19. The normalized spacial score (nSPS) is 10.9. The van der Waals surface area contributed by atoms with Crippen LogP contribution in [0.2, 0.25) is 0 Å². The van der Waals surface area contributed by atoms with Crippen molar-refractivity contribution < 1.29 is 14.3 Å². The molecule has 0 saturated heterocycles. The number of thiophene rings is 1. The van der Waals surface area contributed by atoms with Crippen molar-refractivity contribution in [2.45, 2.75) is 13.3 Å². The summed E-state index contributed by atoms with van der Waals surface area (Å²) in [5.74, 6) is -0.650. The third-order valence-corrected chi connectivity index (χ3v) is 5.88. The van der Waals surface area contributed by atoms with Crippen LogP contribution in [0.1, 0.15) is 32.5 Å². The van der Waals surface area contributed by atoms with E-state index in [4.69, 9.17) is 4.74 Å². The maximum atomic E-state index is 12.5. The first kappa shape index (κ1) is 16.2. The minimum Gasteiger partial charge on any atom is -0.465 e. The van der Waals surface area contributed by atoms with Crippen LogP contribution in [0, 0.1) is 0 Å². The number of aromatic nitrogens is 2. The molecule has 0 aliphatic carbocycles. The van der Waals surface area contributed by atoms with Crippen LogP contribution in [0.25, 0.3) is 4.83 Å². The van der Waals surface area contributed by atoms with Crippen LogP contribution in [0.4, 0.5) is 5.00 Å². The van der Waals surface area contributed by atoms with Crippen LogP contribution in [0.5, 0.6) is 0 Å². The predicted molar refractivity (Wildman–Crippen MR) is 93.8 cm³/mol. The van der Waals surface area contributed by atoms with Crippen molar-refractivity contribution in [1.82, 2.24) is 9.61 Å². The lowest BCUT2D eigenvalue weighted by molar-refractivity contribution is 0.0606. The molecule has 0 aliphatic rings. The van der Waals surface area contributed by atoms with Crippen LogP contribution in [0.15, 0.2) is 22.2 Å². The molecule has 0 atom stereocenters. The Labute approximate surface area is 148 Å². The molecule has 0 spiro atoms. The third kappa shape index (κ3) is 3.04. The minimum atomic E-state index is -0.402. The van der Waals surface area contributed by atoms with Gasteiger partial charge in [-0.3, -0.25) is 4.79 Å². The molecule has 1 amide bonds. The zero-order valence-corrected chi connectivity index (χ0v) is 15.5. The minimum absolute atomic E-state index is 0.248. The molecule has 1 N–H and O–H groups in total. The van der Waals surface area contributed by atoms with Crippen molar-refractivity contribution >= 4 is 60.3 Å². The number of ether oxygens (including phenoxy) is 1. The van der Waals surface area contributed by atoms with Gasteiger partial charge in [0.2, 0.25) is 0 Å². The fraction of sp³-hybridized carbons (Fsp3) is 0.214. The lowest BCUT2D eigenvalue weighted by atomic mass is 10.2. The summed E-state index contributed by atoms with van der Waals surface area (Å²) in [4.78, 5) is 25.4. The Kier molecular flexibility index (Phi) is 4.51. The summed E-state index contributed by atoms with van der Waals surface area (Å²) in [7, 11) is 1.34. The van der Waals surface area contributed by atoms with Crippen molar-refractivity contribution in [3.05, 3.63) is 38.3 Å². The summed E-state index contributed by atoms with van der Waals surface area (Å²) in [6, 6.07) is 1.75. The first-order valence-corrected chi connectivity index (χ1v) is 9.11. The SMILES string of the molecule is CCc1cc(C(=O)OC)sc1NC(=O)c1cnn2cc(Br)sc12. The number of nitrogens with zero attached hydrogens (tertiary/aromatic N) is 2. The Balaban J connectivity index is 1.90. The number of esters is 1. The average molecular weight is 414 g/mol. The molecule has 0 radical (unpaired) electrons. The van der Waals surface area contributed by atoms with Crippen molar-refractivity contribution in [2.24, 2.45) is 0 Å². The summed E-state index contributed by atoms with van der Waals surface area (Å²) >= 11 is 6.03. The lowest BCUT2D eigenvalue weighted by Gasteiger charge is -2.03. The van der Waals surface area contributed by atoms with Crippen LogP contribution < -0.4 is 5.32 Å². The second kappa shape index (κ2) is 6.42. The number of fused-ring (bicyclic) bond motifs is 1. The van der Waals surface area contributed by atoms with Gasteiger partial charge in [-0.25, -0.2) is 9.31 Å². The molecule has 3 rings (SSSR count). The zero-order chi connectivity index (χ0) is 16.6. The molecule has 6 nitrogen and oxygen atoms in total. The number of amides is 1. The Bertz CT molecular complexity index is 896. The smallest absolute Gasteiger partial charge is 0.348 e. The topological polar surface area (TPSA) is 72.7 Å². The van der Waals surface area contributed by atoms with Crippen LogP contribution in [-0.2, 0) is 11.2 Å². The molecule has 0 saturated carbocycles. The van der Waals surface area contributed by atoms with Crippen molar-refractivity contribution in [3.8, 4) is 0 Å². The van der Waals surface area contributed by atoms with E-state index in [9.17, 15) is 9.59 Å². The van der Waals surface area contributed by atoms with Gasteiger partial charge in [-0.2, -0.15) is 5.10 Å². The number of anilines is 1. The maximum absolute atomic E-state index is 12.5. The van der Waals surface area contributed by atoms with Crippen LogP contribution in [0.3, 0.4) is 0 Å². The molecule has 0 fully saturated rings. The molecule has 120 valence electrons. The van der Waals surface area contributed by atoms with E-state index in [1.807, 2.05) is 6.92 Å². The van der Waals surface area contributed by atoms with Crippen LogP contribution in [-0.4, -0.2) is 28.6 Å². The molecule has 0 bridgehead atoms. The van der Waals surface area contributed by atoms with E-state index in [0.717, 1.165) is 14.2 Å². The number of halogens is 1. The molecule has 0 aromatic carbocycles. The first-order valence-electron chi connectivity index (χ1n) is 6.68.